The van der Waals surface area contributed by atoms with Gasteiger partial charge in [-0.15, -0.1) is 0 Å². The maximum Gasteiger partial charge on any atom is 0.00387 e. The average molecular weight is 242 g/mol. The van der Waals surface area contributed by atoms with Crippen molar-refractivity contribution in [1.29, 1.82) is 0 Å². The van der Waals surface area contributed by atoms with Crippen LogP contribution in [0.4, 0.5) is 0 Å². The van der Waals surface area contributed by atoms with E-state index in [4.69, 9.17) is 0 Å². The second-order valence-corrected chi connectivity index (χ2v) is 6.65. The number of nitrogens with zero attached hydrogens (tertiary/aromatic N) is 1. The van der Waals surface area contributed by atoms with Crippen molar-refractivity contribution in [3.05, 3.63) is 0 Å². The Bertz CT molecular complexity index is 172. The number of rotatable bonds is 9. The zero-order valence-electron chi connectivity index (χ0n) is 13.0. The summed E-state index contributed by atoms with van der Waals surface area (Å²) in [6, 6.07) is 0.683. The van der Waals surface area contributed by atoms with Crippen molar-refractivity contribution in [2.75, 3.05) is 26.7 Å². The third kappa shape index (κ3) is 12.2. The molecule has 1 N–H and O–H groups in total. The summed E-state index contributed by atoms with van der Waals surface area (Å²) in [5.74, 6) is 0. The van der Waals surface area contributed by atoms with E-state index in [0.717, 1.165) is 6.54 Å². The molecule has 1 atom stereocenters. The molecule has 0 bridgehead atoms. The molecule has 1 unspecified atom stereocenters. The molecule has 0 aromatic rings. The smallest absolute Gasteiger partial charge is 0.00387 e. The van der Waals surface area contributed by atoms with Gasteiger partial charge < -0.3 is 10.2 Å². The summed E-state index contributed by atoms with van der Waals surface area (Å²) in [5.41, 5.74) is 0.421. The van der Waals surface area contributed by atoms with E-state index >= 15 is 0 Å². The Labute approximate surface area is 109 Å². The molecule has 0 radical (unpaired) electrons. The summed E-state index contributed by atoms with van der Waals surface area (Å²) in [4.78, 5) is 2.46. The standard InChI is InChI=1S/C15H34N2/c1-7-11-16-14(2)10-8-9-12-17(6)13-15(3,4)5/h14,16H,7-13H2,1-6H3. The predicted octanol–water partition coefficient (Wildman–Crippen LogP) is 3.52. The van der Waals surface area contributed by atoms with Crippen LogP contribution in [0.3, 0.4) is 0 Å². The van der Waals surface area contributed by atoms with Gasteiger partial charge >= 0.3 is 0 Å². The first kappa shape index (κ1) is 16.9. The zero-order chi connectivity index (χ0) is 13.3. The lowest BCUT2D eigenvalue weighted by Crippen LogP contribution is -2.30. The molecular weight excluding hydrogens is 208 g/mol. The SMILES string of the molecule is CCCNC(C)CCCCN(C)CC(C)(C)C. The molecule has 0 saturated carbocycles. The molecule has 0 aliphatic rings. The summed E-state index contributed by atoms with van der Waals surface area (Å²) < 4.78 is 0. The molecule has 0 aliphatic carbocycles. The number of hydrogen-bond donors (Lipinski definition) is 1. The number of unbranched alkanes of at least 4 members (excludes halogenated alkanes) is 1. The molecule has 0 amide bonds. The van der Waals surface area contributed by atoms with Crippen LogP contribution in [0.25, 0.3) is 0 Å². The van der Waals surface area contributed by atoms with E-state index in [1.807, 2.05) is 0 Å². The molecule has 0 aliphatic heterocycles. The van der Waals surface area contributed by atoms with E-state index in [0.29, 0.717) is 11.5 Å². The fourth-order valence-corrected chi connectivity index (χ4v) is 2.21. The first-order valence-corrected chi connectivity index (χ1v) is 7.27. The van der Waals surface area contributed by atoms with Gasteiger partial charge in [0.25, 0.3) is 0 Å². The molecule has 0 fully saturated rings. The maximum atomic E-state index is 3.55. The normalized spacial score (nSPS) is 14.3. The van der Waals surface area contributed by atoms with Gasteiger partial charge in [0.1, 0.15) is 0 Å². The van der Waals surface area contributed by atoms with E-state index in [2.05, 4.69) is 51.9 Å². The van der Waals surface area contributed by atoms with Crippen LogP contribution in [0.15, 0.2) is 0 Å². The Morgan fingerprint density at radius 1 is 1.18 bits per heavy atom. The van der Waals surface area contributed by atoms with Crippen LogP contribution in [0.5, 0.6) is 0 Å². The highest BCUT2D eigenvalue weighted by atomic mass is 15.1. The van der Waals surface area contributed by atoms with Gasteiger partial charge in [-0.2, -0.15) is 0 Å². The highest BCUT2D eigenvalue weighted by Gasteiger charge is 2.12. The molecule has 104 valence electrons. The van der Waals surface area contributed by atoms with E-state index in [-0.39, 0.29) is 0 Å². The van der Waals surface area contributed by atoms with Crippen LogP contribution in [-0.2, 0) is 0 Å². The van der Waals surface area contributed by atoms with E-state index < -0.39 is 0 Å². The Hall–Kier alpha value is -0.0800. The molecule has 0 spiro atoms. The second-order valence-electron chi connectivity index (χ2n) is 6.65. The summed E-state index contributed by atoms with van der Waals surface area (Å²) in [6.07, 6.45) is 5.21. The predicted molar refractivity (Wildman–Crippen MR) is 78.6 cm³/mol. The largest absolute Gasteiger partial charge is 0.314 e. The summed E-state index contributed by atoms with van der Waals surface area (Å²) in [6.45, 7) is 15.0. The van der Waals surface area contributed by atoms with Crippen molar-refractivity contribution < 1.29 is 0 Å². The fourth-order valence-electron chi connectivity index (χ4n) is 2.21. The molecule has 0 aromatic carbocycles. The first-order chi connectivity index (χ1) is 7.85. The summed E-state index contributed by atoms with van der Waals surface area (Å²) in [5, 5.41) is 3.55. The summed E-state index contributed by atoms with van der Waals surface area (Å²) >= 11 is 0. The maximum absolute atomic E-state index is 3.55. The highest BCUT2D eigenvalue weighted by molar-refractivity contribution is 4.67. The minimum Gasteiger partial charge on any atom is -0.314 e. The lowest BCUT2D eigenvalue weighted by molar-refractivity contribution is 0.222. The quantitative estimate of drug-likeness (QED) is 0.622. The van der Waals surface area contributed by atoms with Gasteiger partial charge in [0, 0.05) is 12.6 Å². The zero-order valence-corrected chi connectivity index (χ0v) is 13.0. The van der Waals surface area contributed by atoms with Gasteiger partial charge in [0.05, 0.1) is 0 Å². The molecule has 0 heterocycles. The molecule has 0 rings (SSSR count). The lowest BCUT2D eigenvalue weighted by Gasteiger charge is -2.26. The fraction of sp³-hybridized carbons (Fsp3) is 1.00. The van der Waals surface area contributed by atoms with Gasteiger partial charge in [0.2, 0.25) is 0 Å². The highest BCUT2D eigenvalue weighted by Crippen LogP contribution is 2.14. The summed E-state index contributed by atoms with van der Waals surface area (Å²) in [7, 11) is 2.24. The van der Waals surface area contributed by atoms with Gasteiger partial charge in [-0.3, -0.25) is 0 Å². The van der Waals surface area contributed by atoms with Gasteiger partial charge in [-0.1, -0.05) is 34.1 Å². The molecular formula is C15H34N2. The third-order valence-corrected chi connectivity index (χ3v) is 2.91. The van der Waals surface area contributed by atoms with E-state index in [1.54, 1.807) is 0 Å². The topological polar surface area (TPSA) is 15.3 Å². The Morgan fingerprint density at radius 2 is 1.82 bits per heavy atom. The third-order valence-electron chi connectivity index (χ3n) is 2.91. The molecule has 0 saturated heterocycles. The van der Waals surface area contributed by atoms with Crippen LogP contribution in [0.2, 0.25) is 0 Å². The van der Waals surface area contributed by atoms with Crippen molar-refractivity contribution in [3.8, 4) is 0 Å². The van der Waals surface area contributed by atoms with Gasteiger partial charge in [-0.05, 0) is 51.7 Å². The van der Waals surface area contributed by atoms with Crippen molar-refractivity contribution in [2.45, 2.75) is 66.3 Å². The van der Waals surface area contributed by atoms with Crippen molar-refractivity contribution in [2.24, 2.45) is 5.41 Å². The van der Waals surface area contributed by atoms with Crippen molar-refractivity contribution in [3.63, 3.8) is 0 Å². The second kappa shape index (κ2) is 8.93. The van der Waals surface area contributed by atoms with E-state index in [1.165, 1.54) is 38.8 Å². The van der Waals surface area contributed by atoms with Crippen LogP contribution in [-0.4, -0.2) is 37.6 Å². The minimum absolute atomic E-state index is 0.421. The molecule has 2 heteroatoms. The molecule has 17 heavy (non-hydrogen) atoms. The van der Waals surface area contributed by atoms with Crippen molar-refractivity contribution >= 4 is 0 Å². The average Bonchev–Trinajstić information content (AvgIpc) is 2.19. The molecule has 2 nitrogen and oxygen atoms in total. The number of nitrogens with one attached hydrogen (secondary N) is 1. The Kier molecular flexibility index (Phi) is 8.89. The van der Waals surface area contributed by atoms with Crippen LogP contribution >= 0.6 is 0 Å². The van der Waals surface area contributed by atoms with Crippen LogP contribution in [0.1, 0.15) is 60.3 Å². The van der Waals surface area contributed by atoms with E-state index in [9.17, 15) is 0 Å². The van der Waals surface area contributed by atoms with Crippen LogP contribution in [0, 0.1) is 5.41 Å². The lowest BCUT2D eigenvalue weighted by atomic mass is 9.96. The monoisotopic (exact) mass is 242 g/mol. The number of hydrogen-bond acceptors (Lipinski definition) is 2. The van der Waals surface area contributed by atoms with Crippen molar-refractivity contribution in [1.82, 2.24) is 10.2 Å². The Balaban J connectivity index is 3.44. The van der Waals surface area contributed by atoms with Crippen LogP contribution < -0.4 is 5.32 Å². The van der Waals surface area contributed by atoms with Gasteiger partial charge in [-0.25, -0.2) is 0 Å². The molecule has 0 aromatic heterocycles. The first-order valence-electron chi connectivity index (χ1n) is 7.27. The Morgan fingerprint density at radius 3 is 2.35 bits per heavy atom. The minimum atomic E-state index is 0.421. The van der Waals surface area contributed by atoms with Gasteiger partial charge in [0.15, 0.2) is 0 Å².